The molecule has 2 amide bonds. The quantitative estimate of drug-likeness (QED) is 0.464. The lowest BCUT2D eigenvalue weighted by atomic mass is 10.1. The van der Waals surface area contributed by atoms with Gasteiger partial charge in [-0.3, -0.25) is 14.5 Å². The molecule has 0 saturated carbocycles. The number of carbonyl (C=O) groups is 3. The Kier molecular flexibility index (Phi) is 5.08. The first-order valence-electron chi connectivity index (χ1n) is 8.00. The number of methoxy groups -OCH3 is 1. The van der Waals surface area contributed by atoms with Crippen molar-refractivity contribution < 1.29 is 33.0 Å². The number of hydrogen-bond donors (Lipinski definition) is 2. The van der Waals surface area contributed by atoms with Crippen molar-refractivity contribution in [1.29, 1.82) is 0 Å². The number of nitrogens with one attached hydrogen (secondary N) is 1. The maximum atomic E-state index is 13.4. The molecule has 1 heterocycles. The van der Waals surface area contributed by atoms with Crippen LogP contribution in [0.1, 0.15) is 15.9 Å². The Hall–Kier alpha value is -3.75. The van der Waals surface area contributed by atoms with Gasteiger partial charge >= 0.3 is 5.97 Å². The van der Waals surface area contributed by atoms with Gasteiger partial charge in [0.25, 0.3) is 11.8 Å². The SMILES string of the molecule is COC(=O)c1ccc(CN2C(=O)C=C(Nc3cc(F)c(O)c(F)c3)C2=O)cc1. The Balaban J connectivity index is 1.72. The summed E-state index contributed by atoms with van der Waals surface area (Å²) in [5.41, 5.74) is 0.609. The van der Waals surface area contributed by atoms with Crippen molar-refractivity contribution in [1.82, 2.24) is 4.90 Å². The van der Waals surface area contributed by atoms with E-state index in [2.05, 4.69) is 10.1 Å². The van der Waals surface area contributed by atoms with Gasteiger partial charge in [0.2, 0.25) is 0 Å². The number of phenolic OH excluding ortho intramolecular Hbond substituents is 1. The van der Waals surface area contributed by atoms with Gasteiger partial charge in [-0.1, -0.05) is 12.1 Å². The summed E-state index contributed by atoms with van der Waals surface area (Å²) >= 11 is 0. The lowest BCUT2D eigenvalue weighted by molar-refractivity contribution is -0.137. The standard InChI is InChI=1S/C19H14F2N2O5/c1-28-19(27)11-4-2-10(3-5-11)9-23-16(24)8-15(18(23)26)22-12-6-13(20)17(25)14(21)7-12/h2-8,22,25H,9H2,1H3. The Bertz CT molecular complexity index is 979. The fourth-order valence-corrected chi connectivity index (χ4v) is 2.59. The van der Waals surface area contributed by atoms with Gasteiger partial charge in [0.1, 0.15) is 5.70 Å². The molecule has 2 aromatic rings. The molecule has 0 aliphatic carbocycles. The molecule has 144 valence electrons. The monoisotopic (exact) mass is 388 g/mol. The highest BCUT2D eigenvalue weighted by Crippen LogP contribution is 2.26. The number of carbonyl (C=O) groups excluding carboxylic acids is 3. The normalized spacial score (nSPS) is 13.5. The predicted molar refractivity (Wildman–Crippen MR) is 93.1 cm³/mol. The Morgan fingerprint density at radius 2 is 1.75 bits per heavy atom. The Morgan fingerprint density at radius 3 is 2.32 bits per heavy atom. The topological polar surface area (TPSA) is 95.9 Å². The molecule has 2 N–H and O–H groups in total. The zero-order valence-electron chi connectivity index (χ0n) is 14.5. The average molecular weight is 388 g/mol. The summed E-state index contributed by atoms with van der Waals surface area (Å²) in [5.74, 6) is -5.35. The number of imide groups is 1. The van der Waals surface area contributed by atoms with Gasteiger partial charge in [0, 0.05) is 23.9 Å². The number of benzene rings is 2. The van der Waals surface area contributed by atoms with Gasteiger partial charge in [-0.25, -0.2) is 13.6 Å². The smallest absolute Gasteiger partial charge is 0.337 e. The molecule has 0 unspecified atom stereocenters. The molecule has 28 heavy (non-hydrogen) atoms. The van der Waals surface area contributed by atoms with Crippen LogP contribution in [0.25, 0.3) is 0 Å². The van der Waals surface area contributed by atoms with Crippen LogP contribution in [0.3, 0.4) is 0 Å². The van der Waals surface area contributed by atoms with Gasteiger partial charge in [0.15, 0.2) is 17.4 Å². The summed E-state index contributed by atoms with van der Waals surface area (Å²) in [4.78, 5) is 36.9. The van der Waals surface area contributed by atoms with Gasteiger partial charge in [-0.15, -0.1) is 0 Å². The number of hydrogen-bond acceptors (Lipinski definition) is 6. The van der Waals surface area contributed by atoms with Gasteiger partial charge in [-0.2, -0.15) is 0 Å². The molecule has 2 aromatic carbocycles. The molecular weight excluding hydrogens is 374 g/mol. The van der Waals surface area contributed by atoms with Gasteiger partial charge in [-0.05, 0) is 17.7 Å². The fourth-order valence-electron chi connectivity index (χ4n) is 2.59. The maximum Gasteiger partial charge on any atom is 0.337 e. The van der Waals surface area contributed by atoms with E-state index in [9.17, 15) is 23.2 Å². The molecule has 0 atom stereocenters. The summed E-state index contributed by atoms with van der Waals surface area (Å²) < 4.78 is 31.4. The lowest BCUT2D eigenvalue weighted by Gasteiger charge is -2.15. The number of aromatic hydroxyl groups is 1. The maximum absolute atomic E-state index is 13.4. The van der Waals surface area contributed by atoms with E-state index in [0.717, 1.165) is 23.1 Å². The molecule has 1 aliphatic rings. The molecule has 0 fully saturated rings. The summed E-state index contributed by atoms with van der Waals surface area (Å²) in [6.07, 6.45) is 1.01. The molecule has 9 heteroatoms. The van der Waals surface area contributed by atoms with Gasteiger partial charge < -0.3 is 15.2 Å². The van der Waals surface area contributed by atoms with E-state index in [-0.39, 0.29) is 17.9 Å². The van der Waals surface area contributed by atoms with Crippen LogP contribution in [-0.2, 0) is 20.9 Å². The summed E-state index contributed by atoms with van der Waals surface area (Å²) in [6.45, 7) is -0.0564. The first-order chi connectivity index (χ1) is 13.3. The Labute approximate surface area is 157 Å². The fraction of sp³-hybridized carbons (Fsp3) is 0.105. The van der Waals surface area contributed by atoms with Crippen molar-refractivity contribution >= 4 is 23.5 Å². The second-order valence-corrected chi connectivity index (χ2v) is 5.89. The molecule has 0 radical (unpaired) electrons. The highest BCUT2D eigenvalue weighted by atomic mass is 19.1. The molecular formula is C19H14F2N2O5. The number of esters is 1. The first kappa shape index (κ1) is 19.0. The van der Waals surface area contributed by atoms with Crippen LogP contribution in [0.5, 0.6) is 5.75 Å². The number of rotatable bonds is 5. The van der Waals surface area contributed by atoms with E-state index in [1.165, 1.54) is 19.2 Å². The van der Waals surface area contributed by atoms with Crippen LogP contribution in [-0.4, -0.2) is 34.9 Å². The van der Waals surface area contributed by atoms with Crippen LogP contribution in [0, 0.1) is 11.6 Å². The van der Waals surface area contributed by atoms with Crippen LogP contribution < -0.4 is 5.32 Å². The van der Waals surface area contributed by atoms with Crippen molar-refractivity contribution in [2.24, 2.45) is 0 Å². The number of phenols is 1. The van der Waals surface area contributed by atoms with Crippen LogP contribution in [0.4, 0.5) is 14.5 Å². The number of halogens is 2. The van der Waals surface area contributed by atoms with Crippen molar-refractivity contribution in [3.05, 3.63) is 70.9 Å². The summed E-state index contributed by atoms with van der Waals surface area (Å²) in [7, 11) is 1.25. The molecule has 7 nitrogen and oxygen atoms in total. The predicted octanol–water partition coefficient (Wildman–Crippen LogP) is 2.32. The van der Waals surface area contributed by atoms with E-state index >= 15 is 0 Å². The lowest BCUT2D eigenvalue weighted by Crippen LogP contribution is -2.31. The number of ether oxygens (including phenoxy) is 1. The molecule has 3 rings (SSSR count). The van der Waals surface area contributed by atoms with E-state index in [1.54, 1.807) is 12.1 Å². The average Bonchev–Trinajstić information content (AvgIpc) is 2.93. The molecule has 0 bridgehead atoms. The molecule has 0 spiro atoms. The number of amides is 2. The molecule has 1 aliphatic heterocycles. The first-order valence-corrected chi connectivity index (χ1v) is 8.00. The zero-order chi connectivity index (χ0) is 20.4. The third-order valence-corrected chi connectivity index (χ3v) is 4.02. The minimum absolute atomic E-state index is 0.0564. The highest BCUT2D eigenvalue weighted by molar-refractivity contribution is 6.17. The van der Waals surface area contributed by atoms with Crippen molar-refractivity contribution in [2.45, 2.75) is 6.54 Å². The second kappa shape index (κ2) is 7.47. The summed E-state index contributed by atoms with van der Waals surface area (Å²) in [6, 6.07) is 7.74. The van der Waals surface area contributed by atoms with E-state index < -0.39 is 35.2 Å². The van der Waals surface area contributed by atoms with E-state index in [0.29, 0.717) is 11.1 Å². The molecule has 0 aromatic heterocycles. The van der Waals surface area contributed by atoms with Crippen molar-refractivity contribution in [2.75, 3.05) is 12.4 Å². The van der Waals surface area contributed by atoms with Crippen LogP contribution in [0.15, 0.2) is 48.2 Å². The van der Waals surface area contributed by atoms with Crippen molar-refractivity contribution in [3.8, 4) is 5.75 Å². The third-order valence-electron chi connectivity index (χ3n) is 4.02. The second-order valence-electron chi connectivity index (χ2n) is 5.89. The van der Waals surface area contributed by atoms with Crippen molar-refractivity contribution in [3.63, 3.8) is 0 Å². The highest BCUT2D eigenvalue weighted by Gasteiger charge is 2.31. The van der Waals surface area contributed by atoms with E-state index in [1.807, 2.05) is 0 Å². The zero-order valence-corrected chi connectivity index (χ0v) is 14.5. The third kappa shape index (κ3) is 3.68. The largest absolute Gasteiger partial charge is 0.503 e. The Morgan fingerprint density at radius 1 is 1.14 bits per heavy atom. The van der Waals surface area contributed by atoms with Crippen LogP contribution >= 0.6 is 0 Å². The number of anilines is 1. The summed E-state index contributed by atoms with van der Waals surface area (Å²) in [5, 5.41) is 11.6. The van der Waals surface area contributed by atoms with Gasteiger partial charge in [0.05, 0.1) is 19.2 Å². The number of nitrogens with zero attached hydrogens (tertiary/aromatic N) is 1. The minimum Gasteiger partial charge on any atom is -0.503 e. The minimum atomic E-state index is -1.21. The molecule has 0 saturated heterocycles. The van der Waals surface area contributed by atoms with E-state index in [4.69, 9.17) is 5.11 Å². The van der Waals surface area contributed by atoms with Crippen LogP contribution in [0.2, 0.25) is 0 Å².